The van der Waals surface area contributed by atoms with Crippen LogP contribution < -0.4 is 10.1 Å². The molecule has 1 aromatic carbocycles. The van der Waals surface area contributed by atoms with Crippen LogP contribution in [0.3, 0.4) is 0 Å². The van der Waals surface area contributed by atoms with Gasteiger partial charge in [-0.25, -0.2) is 4.98 Å². The molecule has 1 N–H and O–H groups in total. The number of carbonyl (C=O) groups is 1. The normalized spacial score (nSPS) is 10.7. The zero-order valence-corrected chi connectivity index (χ0v) is 12.2. The van der Waals surface area contributed by atoms with Gasteiger partial charge < -0.3 is 10.1 Å². The van der Waals surface area contributed by atoms with Crippen molar-refractivity contribution < 1.29 is 9.53 Å². The summed E-state index contributed by atoms with van der Waals surface area (Å²) < 4.78 is 5.45. The number of nitrogens with zero attached hydrogens (tertiary/aromatic N) is 1. The third-order valence-electron chi connectivity index (χ3n) is 2.49. The lowest BCUT2D eigenvalue weighted by Crippen LogP contribution is -2.09. The van der Waals surface area contributed by atoms with Crippen molar-refractivity contribution >= 4 is 29.0 Å². The molecule has 1 aromatic heterocycles. The van der Waals surface area contributed by atoms with Gasteiger partial charge in [0, 0.05) is 11.5 Å². The average molecular weight is 288 g/mol. The van der Waals surface area contributed by atoms with E-state index in [4.69, 9.17) is 4.74 Å². The first-order valence-corrected chi connectivity index (χ1v) is 7.20. The summed E-state index contributed by atoms with van der Waals surface area (Å²) >= 11 is 1.56. The summed E-state index contributed by atoms with van der Waals surface area (Å²) in [6.45, 7) is 4.39. The number of benzene rings is 1. The molecular formula is C15H16N2O2S. The number of aromatic nitrogens is 1. The maximum atomic E-state index is 11.9. The largest absolute Gasteiger partial charge is 0.492 e. The fourth-order valence-electron chi connectivity index (χ4n) is 1.64. The Morgan fingerprint density at radius 3 is 2.95 bits per heavy atom. The van der Waals surface area contributed by atoms with E-state index in [0.29, 0.717) is 18.0 Å². The maximum absolute atomic E-state index is 11.9. The van der Waals surface area contributed by atoms with Crippen LogP contribution in [0.25, 0.3) is 6.08 Å². The molecule has 0 atom stereocenters. The van der Waals surface area contributed by atoms with Gasteiger partial charge >= 0.3 is 0 Å². The lowest BCUT2D eigenvalue weighted by Gasteiger charge is -2.09. The number of hydrogen-bond acceptors (Lipinski definition) is 4. The zero-order chi connectivity index (χ0) is 14.4. The number of aryl methyl sites for hydroxylation is 1. The number of amides is 1. The number of nitrogens with one attached hydrogen (secondary N) is 1. The minimum atomic E-state index is -0.206. The van der Waals surface area contributed by atoms with Crippen LogP contribution in [-0.2, 0) is 4.79 Å². The minimum absolute atomic E-state index is 0.206. The van der Waals surface area contributed by atoms with Gasteiger partial charge in [0.25, 0.3) is 0 Å². The van der Waals surface area contributed by atoms with Crippen molar-refractivity contribution in [2.24, 2.45) is 0 Å². The molecule has 4 nitrogen and oxygen atoms in total. The number of anilines is 1. The Balaban J connectivity index is 2.03. The van der Waals surface area contributed by atoms with Gasteiger partial charge in [-0.2, -0.15) is 0 Å². The van der Waals surface area contributed by atoms with E-state index in [-0.39, 0.29) is 5.91 Å². The van der Waals surface area contributed by atoms with E-state index >= 15 is 0 Å². The third-order valence-corrected chi connectivity index (χ3v) is 3.28. The molecule has 1 heterocycles. The fourth-order valence-corrected chi connectivity index (χ4v) is 2.22. The van der Waals surface area contributed by atoms with Crippen LogP contribution in [-0.4, -0.2) is 17.5 Å². The average Bonchev–Trinajstić information content (AvgIpc) is 2.85. The molecule has 0 fully saturated rings. The second kappa shape index (κ2) is 6.86. The highest BCUT2D eigenvalue weighted by atomic mass is 32.1. The van der Waals surface area contributed by atoms with E-state index < -0.39 is 0 Å². The van der Waals surface area contributed by atoms with Crippen LogP contribution >= 0.6 is 11.3 Å². The molecule has 1 amide bonds. The molecule has 0 saturated carbocycles. The monoisotopic (exact) mass is 288 g/mol. The number of rotatable bonds is 5. The molecule has 0 aliphatic carbocycles. The number of ether oxygens (including phenoxy) is 1. The molecule has 104 valence electrons. The highest BCUT2D eigenvalue weighted by Crippen LogP contribution is 2.23. The Morgan fingerprint density at radius 2 is 2.25 bits per heavy atom. The Labute approximate surface area is 122 Å². The Hall–Kier alpha value is -2.14. The van der Waals surface area contributed by atoms with Crippen molar-refractivity contribution in [2.75, 3.05) is 11.9 Å². The van der Waals surface area contributed by atoms with Crippen LogP contribution in [0.2, 0.25) is 0 Å². The fraction of sp³-hybridized carbons (Fsp3) is 0.200. The van der Waals surface area contributed by atoms with Crippen molar-refractivity contribution in [1.29, 1.82) is 0 Å². The van der Waals surface area contributed by atoms with Gasteiger partial charge in [-0.1, -0.05) is 12.1 Å². The third kappa shape index (κ3) is 3.93. The van der Waals surface area contributed by atoms with Crippen molar-refractivity contribution in [3.63, 3.8) is 0 Å². The van der Waals surface area contributed by atoms with E-state index in [1.54, 1.807) is 17.4 Å². The second-order valence-corrected chi connectivity index (χ2v) is 5.11. The second-order valence-electron chi connectivity index (χ2n) is 4.04. The predicted octanol–water partition coefficient (Wildman–Crippen LogP) is 3.50. The molecule has 2 rings (SSSR count). The molecule has 5 heteroatoms. The summed E-state index contributed by atoms with van der Waals surface area (Å²) in [6, 6.07) is 7.36. The lowest BCUT2D eigenvalue weighted by atomic mass is 10.3. The SMILES string of the molecule is CCOc1ccccc1NC(=O)/C=C/c1csc(C)n1. The first-order valence-electron chi connectivity index (χ1n) is 6.32. The minimum Gasteiger partial charge on any atom is -0.492 e. The van der Waals surface area contributed by atoms with Crippen molar-refractivity contribution in [2.45, 2.75) is 13.8 Å². The molecule has 0 bridgehead atoms. The molecule has 0 radical (unpaired) electrons. The number of carbonyl (C=O) groups excluding carboxylic acids is 1. The van der Waals surface area contributed by atoms with Gasteiger partial charge in [0.1, 0.15) is 5.75 Å². The van der Waals surface area contributed by atoms with E-state index in [2.05, 4.69) is 10.3 Å². The van der Waals surface area contributed by atoms with Gasteiger partial charge in [0.05, 0.1) is 23.0 Å². The van der Waals surface area contributed by atoms with E-state index in [0.717, 1.165) is 10.7 Å². The quantitative estimate of drug-likeness (QED) is 0.857. The first kappa shape index (κ1) is 14.3. The molecule has 0 aliphatic rings. The standard InChI is InChI=1S/C15H16N2O2S/c1-3-19-14-7-5-4-6-13(14)17-15(18)9-8-12-10-20-11(2)16-12/h4-10H,3H2,1-2H3,(H,17,18)/b9-8+. The topological polar surface area (TPSA) is 51.2 Å². The van der Waals surface area contributed by atoms with Gasteiger partial charge in [0.2, 0.25) is 5.91 Å². The van der Waals surface area contributed by atoms with Crippen LogP contribution in [0, 0.1) is 6.92 Å². The molecule has 0 saturated heterocycles. The summed E-state index contributed by atoms with van der Waals surface area (Å²) in [5.74, 6) is 0.462. The molecule has 0 unspecified atom stereocenters. The summed E-state index contributed by atoms with van der Waals surface area (Å²) in [5, 5.41) is 5.69. The summed E-state index contributed by atoms with van der Waals surface area (Å²) in [7, 11) is 0. The molecule has 0 aliphatic heterocycles. The van der Waals surface area contributed by atoms with Crippen molar-refractivity contribution in [3.05, 3.63) is 46.4 Å². The zero-order valence-electron chi connectivity index (χ0n) is 11.4. The van der Waals surface area contributed by atoms with E-state index in [1.165, 1.54) is 6.08 Å². The highest BCUT2D eigenvalue weighted by Gasteiger charge is 2.04. The van der Waals surface area contributed by atoms with Gasteiger partial charge in [-0.05, 0) is 32.1 Å². The number of para-hydroxylation sites is 2. The van der Waals surface area contributed by atoms with Gasteiger partial charge in [-0.3, -0.25) is 4.79 Å². The van der Waals surface area contributed by atoms with Gasteiger partial charge in [0.15, 0.2) is 0 Å². The maximum Gasteiger partial charge on any atom is 0.248 e. The predicted molar refractivity (Wildman–Crippen MR) is 82.1 cm³/mol. The molecular weight excluding hydrogens is 272 g/mol. The van der Waals surface area contributed by atoms with Crippen LogP contribution in [0.1, 0.15) is 17.6 Å². The summed E-state index contributed by atoms with van der Waals surface area (Å²) in [5.41, 5.74) is 1.46. The Morgan fingerprint density at radius 1 is 1.45 bits per heavy atom. The summed E-state index contributed by atoms with van der Waals surface area (Å²) in [6.07, 6.45) is 3.17. The Bertz CT molecular complexity index is 620. The van der Waals surface area contributed by atoms with Gasteiger partial charge in [-0.15, -0.1) is 11.3 Å². The molecule has 0 spiro atoms. The highest BCUT2D eigenvalue weighted by molar-refractivity contribution is 7.09. The first-order chi connectivity index (χ1) is 9.69. The lowest BCUT2D eigenvalue weighted by molar-refractivity contribution is -0.111. The molecule has 20 heavy (non-hydrogen) atoms. The van der Waals surface area contributed by atoms with E-state index in [1.807, 2.05) is 43.5 Å². The molecule has 2 aromatic rings. The Kier molecular flexibility index (Phi) is 4.90. The van der Waals surface area contributed by atoms with Crippen molar-refractivity contribution in [3.8, 4) is 5.75 Å². The van der Waals surface area contributed by atoms with E-state index in [9.17, 15) is 4.79 Å². The number of thiazole rings is 1. The van der Waals surface area contributed by atoms with Crippen LogP contribution in [0.5, 0.6) is 5.75 Å². The van der Waals surface area contributed by atoms with Crippen molar-refractivity contribution in [1.82, 2.24) is 4.98 Å². The van der Waals surface area contributed by atoms with Crippen LogP contribution in [0.15, 0.2) is 35.7 Å². The smallest absolute Gasteiger partial charge is 0.248 e. The number of hydrogen-bond donors (Lipinski definition) is 1. The summed E-state index contributed by atoms with van der Waals surface area (Å²) in [4.78, 5) is 16.1. The van der Waals surface area contributed by atoms with Crippen LogP contribution in [0.4, 0.5) is 5.69 Å².